The lowest BCUT2D eigenvalue weighted by atomic mass is 9.71. The molecule has 0 aliphatic heterocycles. The van der Waals surface area contributed by atoms with Crippen LogP contribution in [0.4, 0.5) is 0 Å². The van der Waals surface area contributed by atoms with Crippen LogP contribution in [0.3, 0.4) is 0 Å². The zero-order valence-electron chi connectivity index (χ0n) is 10.6. The van der Waals surface area contributed by atoms with E-state index in [1.165, 1.54) is 0 Å². The molecule has 2 aliphatic carbocycles. The molecule has 2 aliphatic rings. The number of carbonyl (C=O) groups excluding carboxylic acids is 1. The molecule has 2 fully saturated rings. The molecule has 2 rings (SSSR count). The molecule has 0 radical (unpaired) electrons. The average molecular weight is 238 g/mol. The van der Waals surface area contributed by atoms with Crippen LogP contribution in [0.5, 0.6) is 0 Å². The van der Waals surface area contributed by atoms with Gasteiger partial charge in [-0.2, -0.15) is 0 Å². The van der Waals surface area contributed by atoms with Crippen LogP contribution in [-0.2, 0) is 9.53 Å². The lowest BCUT2D eigenvalue weighted by molar-refractivity contribution is -0.172. The van der Waals surface area contributed by atoms with E-state index in [0.29, 0.717) is 25.9 Å². The van der Waals surface area contributed by atoms with E-state index in [1.54, 1.807) is 0 Å². The highest BCUT2D eigenvalue weighted by Crippen LogP contribution is 2.56. The van der Waals surface area contributed by atoms with Gasteiger partial charge in [0.1, 0.15) is 5.41 Å². The number of fused-ring (bicyclic) bond motifs is 1. The van der Waals surface area contributed by atoms with Crippen LogP contribution < -0.4 is 0 Å². The van der Waals surface area contributed by atoms with Crippen molar-refractivity contribution in [1.82, 2.24) is 0 Å². The Hall–Kier alpha value is -0.830. The van der Waals surface area contributed by atoms with Gasteiger partial charge in [-0.3, -0.25) is 4.79 Å². The molecular weight excluding hydrogens is 216 g/mol. The molecule has 17 heavy (non-hydrogen) atoms. The van der Waals surface area contributed by atoms with Crippen molar-refractivity contribution >= 4 is 5.97 Å². The highest BCUT2D eigenvalue weighted by Gasteiger charge is 2.60. The maximum atomic E-state index is 12.3. The Labute approximate surface area is 103 Å². The molecule has 2 atom stereocenters. The third-order valence-corrected chi connectivity index (χ3v) is 4.35. The standard InChI is InChI=1S/C14H22O3/c1-3-17-12(15)13-7-5-4-6-8-14(13,16)10-11(2)9-13/h16H,2-10H2,1H3/t13-,14-/m0/s1. The van der Waals surface area contributed by atoms with Gasteiger partial charge in [0.2, 0.25) is 0 Å². The second-order valence-corrected chi connectivity index (χ2v) is 5.50. The van der Waals surface area contributed by atoms with Crippen molar-refractivity contribution < 1.29 is 14.6 Å². The topological polar surface area (TPSA) is 46.5 Å². The monoisotopic (exact) mass is 238 g/mol. The van der Waals surface area contributed by atoms with E-state index >= 15 is 0 Å². The highest BCUT2D eigenvalue weighted by molar-refractivity contribution is 5.80. The fourth-order valence-electron chi connectivity index (χ4n) is 3.54. The van der Waals surface area contributed by atoms with E-state index in [0.717, 1.165) is 31.3 Å². The number of ether oxygens (including phenoxy) is 1. The van der Waals surface area contributed by atoms with Crippen LogP contribution in [-0.4, -0.2) is 23.3 Å². The van der Waals surface area contributed by atoms with Crippen LogP contribution in [0.25, 0.3) is 0 Å². The summed E-state index contributed by atoms with van der Waals surface area (Å²) in [4.78, 5) is 12.3. The number of carbonyl (C=O) groups is 1. The van der Waals surface area contributed by atoms with Gasteiger partial charge in [-0.05, 0) is 32.6 Å². The minimum atomic E-state index is -0.910. The van der Waals surface area contributed by atoms with Crippen LogP contribution in [0, 0.1) is 5.41 Å². The molecule has 96 valence electrons. The van der Waals surface area contributed by atoms with Gasteiger partial charge < -0.3 is 9.84 Å². The molecule has 0 bridgehead atoms. The summed E-state index contributed by atoms with van der Waals surface area (Å²) in [6, 6.07) is 0. The summed E-state index contributed by atoms with van der Waals surface area (Å²) in [7, 11) is 0. The molecule has 0 aromatic heterocycles. The summed E-state index contributed by atoms with van der Waals surface area (Å²) >= 11 is 0. The molecule has 0 heterocycles. The van der Waals surface area contributed by atoms with Gasteiger partial charge in [0.05, 0.1) is 12.2 Å². The maximum Gasteiger partial charge on any atom is 0.315 e. The van der Waals surface area contributed by atoms with Crippen molar-refractivity contribution in [3.63, 3.8) is 0 Å². The van der Waals surface area contributed by atoms with E-state index in [-0.39, 0.29) is 5.97 Å². The Morgan fingerprint density at radius 3 is 2.76 bits per heavy atom. The Kier molecular flexibility index (Phi) is 3.30. The zero-order chi connectivity index (χ0) is 12.5. The Bertz CT molecular complexity index is 336. The third kappa shape index (κ3) is 1.90. The number of aliphatic hydroxyl groups is 1. The molecule has 2 saturated carbocycles. The van der Waals surface area contributed by atoms with E-state index in [4.69, 9.17) is 4.74 Å². The van der Waals surface area contributed by atoms with Crippen LogP contribution in [0.15, 0.2) is 12.2 Å². The van der Waals surface area contributed by atoms with Crippen molar-refractivity contribution in [2.75, 3.05) is 6.61 Å². The van der Waals surface area contributed by atoms with Crippen molar-refractivity contribution in [2.24, 2.45) is 5.41 Å². The summed E-state index contributed by atoms with van der Waals surface area (Å²) in [6.45, 7) is 6.17. The smallest absolute Gasteiger partial charge is 0.315 e. The van der Waals surface area contributed by atoms with Gasteiger partial charge >= 0.3 is 5.97 Å². The first-order valence-corrected chi connectivity index (χ1v) is 6.60. The largest absolute Gasteiger partial charge is 0.465 e. The first-order chi connectivity index (χ1) is 8.04. The van der Waals surface area contributed by atoms with E-state index in [1.807, 2.05) is 6.92 Å². The molecule has 0 aromatic carbocycles. The fraction of sp³-hybridized carbons (Fsp3) is 0.786. The van der Waals surface area contributed by atoms with Crippen LogP contribution in [0.1, 0.15) is 51.9 Å². The van der Waals surface area contributed by atoms with Gasteiger partial charge in [0.25, 0.3) is 0 Å². The summed E-state index contributed by atoms with van der Waals surface area (Å²) < 4.78 is 5.22. The summed E-state index contributed by atoms with van der Waals surface area (Å²) in [5.74, 6) is -0.219. The van der Waals surface area contributed by atoms with E-state index in [2.05, 4.69) is 6.58 Å². The number of rotatable bonds is 2. The summed E-state index contributed by atoms with van der Waals surface area (Å²) in [5, 5.41) is 10.8. The molecule has 0 unspecified atom stereocenters. The van der Waals surface area contributed by atoms with Gasteiger partial charge in [0, 0.05) is 0 Å². The fourth-order valence-corrected chi connectivity index (χ4v) is 3.54. The van der Waals surface area contributed by atoms with Gasteiger partial charge in [0.15, 0.2) is 0 Å². The van der Waals surface area contributed by atoms with Crippen molar-refractivity contribution in [2.45, 2.75) is 57.5 Å². The van der Waals surface area contributed by atoms with Crippen LogP contribution in [0.2, 0.25) is 0 Å². The summed E-state index contributed by atoms with van der Waals surface area (Å²) in [6.07, 6.45) is 5.68. The van der Waals surface area contributed by atoms with Gasteiger partial charge in [-0.1, -0.05) is 31.4 Å². The molecule has 3 heteroatoms. The summed E-state index contributed by atoms with van der Waals surface area (Å²) in [5.41, 5.74) is -0.633. The average Bonchev–Trinajstić information content (AvgIpc) is 2.40. The molecule has 3 nitrogen and oxygen atoms in total. The quantitative estimate of drug-likeness (QED) is 0.594. The van der Waals surface area contributed by atoms with Crippen molar-refractivity contribution in [3.05, 3.63) is 12.2 Å². The van der Waals surface area contributed by atoms with Crippen molar-refractivity contribution in [1.29, 1.82) is 0 Å². The lowest BCUT2D eigenvalue weighted by Gasteiger charge is -2.38. The first kappa shape index (κ1) is 12.6. The zero-order valence-corrected chi connectivity index (χ0v) is 10.6. The highest BCUT2D eigenvalue weighted by atomic mass is 16.5. The molecule has 0 amide bonds. The van der Waals surface area contributed by atoms with Crippen LogP contribution >= 0.6 is 0 Å². The lowest BCUT2D eigenvalue weighted by Crippen LogP contribution is -2.49. The SMILES string of the molecule is C=C1C[C@@]2(O)CCCCC[C@@]2(C(=O)OCC)C1. The minimum Gasteiger partial charge on any atom is -0.465 e. The molecule has 0 spiro atoms. The molecule has 0 saturated heterocycles. The Morgan fingerprint density at radius 1 is 1.35 bits per heavy atom. The maximum absolute atomic E-state index is 12.3. The second kappa shape index (κ2) is 4.45. The van der Waals surface area contributed by atoms with E-state index < -0.39 is 11.0 Å². The first-order valence-electron chi connectivity index (χ1n) is 6.60. The number of hydrogen-bond donors (Lipinski definition) is 1. The predicted octanol–water partition coefficient (Wildman–Crippen LogP) is 2.58. The Morgan fingerprint density at radius 2 is 2.06 bits per heavy atom. The second-order valence-electron chi connectivity index (χ2n) is 5.50. The molecular formula is C14H22O3. The predicted molar refractivity (Wildman–Crippen MR) is 65.5 cm³/mol. The Balaban J connectivity index is 2.35. The minimum absolute atomic E-state index is 0.219. The molecule has 1 N–H and O–H groups in total. The number of hydrogen-bond acceptors (Lipinski definition) is 3. The normalized spacial score (nSPS) is 37.4. The third-order valence-electron chi connectivity index (χ3n) is 4.35. The van der Waals surface area contributed by atoms with Gasteiger partial charge in [-0.15, -0.1) is 0 Å². The molecule has 0 aromatic rings. The van der Waals surface area contributed by atoms with E-state index in [9.17, 15) is 9.90 Å². The number of esters is 1. The van der Waals surface area contributed by atoms with Gasteiger partial charge in [-0.25, -0.2) is 0 Å². The van der Waals surface area contributed by atoms with Crippen molar-refractivity contribution in [3.8, 4) is 0 Å².